The molecule has 10 heteroatoms. The molecule has 2 N–H and O–H groups in total. The smallest absolute Gasteiger partial charge is 0.325 e. The molecular formula is C7H8N2O6S2. The Morgan fingerprint density at radius 2 is 2.18 bits per heavy atom. The highest BCUT2D eigenvalue weighted by molar-refractivity contribution is 7.91. The van der Waals surface area contributed by atoms with Gasteiger partial charge < -0.3 is 5.11 Å². The summed E-state index contributed by atoms with van der Waals surface area (Å²) in [5, 5.41) is 18.4. The molecule has 94 valence electrons. The van der Waals surface area contributed by atoms with Crippen LogP contribution in [0.5, 0.6) is 0 Å². The fourth-order valence-electron chi connectivity index (χ4n) is 0.916. The number of hydrogen-bond acceptors (Lipinski definition) is 6. The van der Waals surface area contributed by atoms with E-state index in [2.05, 4.69) is 0 Å². The summed E-state index contributed by atoms with van der Waals surface area (Å²) in [5.74, 6) is -1.13. The first-order chi connectivity index (χ1) is 7.83. The number of thiophene rings is 1. The van der Waals surface area contributed by atoms with Crippen LogP contribution in [0.2, 0.25) is 0 Å². The van der Waals surface area contributed by atoms with Crippen LogP contribution >= 0.6 is 11.3 Å². The molecule has 0 fully saturated rings. The van der Waals surface area contributed by atoms with E-state index < -0.39 is 20.9 Å². The second kappa shape index (κ2) is 5.21. The molecular weight excluding hydrogens is 272 g/mol. The summed E-state index contributed by atoms with van der Waals surface area (Å²) in [6.45, 7) is -0.261. The van der Waals surface area contributed by atoms with Crippen LogP contribution in [-0.2, 0) is 14.8 Å². The maximum atomic E-state index is 11.5. The average Bonchev–Trinajstić information content (AvgIpc) is 2.65. The third kappa shape index (κ3) is 3.76. The largest absolute Gasteiger partial charge is 0.481 e. The molecule has 1 heterocycles. The van der Waals surface area contributed by atoms with Crippen LogP contribution in [-0.4, -0.2) is 31.0 Å². The maximum Gasteiger partial charge on any atom is 0.325 e. The van der Waals surface area contributed by atoms with Gasteiger partial charge in [0.2, 0.25) is 10.0 Å². The minimum Gasteiger partial charge on any atom is -0.481 e. The van der Waals surface area contributed by atoms with Gasteiger partial charge in [-0.15, -0.1) is 0 Å². The Kier molecular flexibility index (Phi) is 4.15. The molecule has 0 atom stereocenters. The molecule has 0 aliphatic rings. The number of aliphatic carboxylic acids is 1. The minimum absolute atomic E-state index is 0.213. The second-order valence-corrected chi connectivity index (χ2v) is 5.95. The molecule has 1 aromatic heterocycles. The van der Waals surface area contributed by atoms with Crippen molar-refractivity contribution in [3.63, 3.8) is 0 Å². The Morgan fingerprint density at radius 1 is 1.53 bits per heavy atom. The van der Waals surface area contributed by atoms with Gasteiger partial charge in [-0.25, -0.2) is 13.1 Å². The van der Waals surface area contributed by atoms with Crippen molar-refractivity contribution >= 4 is 32.3 Å². The van der Waals surface area contributed by atoms with E-state index >= 15 is 0 Å². The van der Waals surface area contributed by atoms with Crippen LogP contribution in [0.3, 0.4) is 0 Å². The van der Waals surface area contributed by atoms with Gasteiger partial charge in [-0.2, -0.15) is 0 Å². The zero-order valence-corrected chi connectivity index (χ0v) is 9.95. The van der Waals surface area contributed by atoms with E-state index in [0.717, 1.165) is 12.1 Å². The Balaban J connectivity index is 2.75. The fourth-order valence-corrected chi connectivity index (χ4v) is 3.10. The number of nitrogens with one attached hydrogen (secondary N) is 1. The Morgan fingerprint density at radius 3 is 2.65 bits per heavy atom. The lowest BCUT2D eigenvalue weighted by Gasteiger charge is -2.01. The van der Waals surface area contributed by atoms with Crippen molar-refractivity contribution < 1.29 is 23.2 Å². The first-order valence-corrected chi connectivity index (χ1v) is 6.58. The molecule has 0 bridgehead atoms. The Hall–Kier alpha value is -1.52. The lowest BCUT2D eigenvalue weighted by molar-refractivity contribution is -0.380. The van der Waals surface area contributed by atoms with Crippen molar-refractivity contribution in [2.75, 3.05) is 6.54 Å². The van der Waals surface area contributed by atoms with E-state index in [0.29, 0.717) is 11.3 Å². The van der Waals surface area contributed by atoms with Gasteiger partial charge in [0.25, 0.3) is 0 Å². The highest BCUT2D eigenvalue weighted by atomic mass is 32.2. The molecule has 1 aromatic rings. The molecule has 0 unspecified atom stereocenters. The van der Waals surface area contributed by atoms with Gasteiger partial charge in [-0.1, -0.05) is 0 Å². The molecule has 0 saturated carbocycles. The van der Waals surface area contributed by atoms with Crippen LogP contribution in [0.25, 0.3) is 0 Å². The molecule has 0 aliphatic carbocycles. The molecule has 0 radical (unpaired) electrons. The average molecular weight is 280 g/mol. The monoisotopic (exact) mass is 280 g/mol. The molecule has 0 aromatic carbocycles. The molecule has 1 rings (SSSR count). The van der Waals surface area contributed by atoms with Crippen LogP contribution < -0.4 is 4.72 Å². The summed E-state index contributed by atoms with van der Waals surface area (Å²) in [5.41, 5.74) is 0. The van der Waals surface area contributed by atoms with Crippen LogP contribution in [0.15, 0.2) is 16.3 Å². The van der Waals surface area contributed by atoms with Gasteiger partial charge in [0.05, 0.1) is 11.3 Å². The summed E-state index contributed by atoms with van der Waals surface area (Å²) in [4.78, 5) is 19.9. The molecule has 0 aliphatic heterocycles. The van der Waals surface area contributed by atoms with Crippen molar-refractivity contribution in [1.82, 2.24) is 4.72 Å². The highest BCUT2D eigenvalue weighted by Gasteiger charge is 2.20. The van der Waals surface area contributed by atoms with Crippen molar-refractivity contribution in [2.24, 2.45) is 0 Å². The SMILES string of the molecule is O=C(O)CCNS(=O)(=O)c1ccc([N+](=O)[O-])s1. The number of carboxylic acids is 1. The van der Waals surface area contributed by atoms with Crippen molar-refractivity contribution in [3.8, 4) is 0 Å². The Labute approximate surface area is 100 Å². The van der Waals surface area contributed by atoms with E-state index in [-0.39, 0.29) is 22.2 Å². The summed E-state index contributed by atoms with van der Waals surface area (Å²) >= 11 is 0.510. The number of carboxylic acid groups (broad SMARTS) is 1. The first kappa shape index (κ1) is 13.5. The standard InChI is InChI=1S/C7H8N2O6S2/c10-6(11)3-4-8-17(14,15)7-2-1-5(16-7)9(12)13/h1-2,8H,3-4H2,(H,10,11). The van der Waals surface area contributed by atoms with Gasteiger partial charge in [0.1, 0.15) is 4.21 Å². The fraction of sp³-hybridized carbons (Fsp3) is 0.286. The minimum atomic E-state index is -3.87. The predicted molar refractivity (Wildman–Crippen MR) is 58.4 cm³/mol. The highest BCUT2D eigenvalue weighted by Crippen LogP contribution is 2.27. The van der Waals surface area contributed by atoms with Gasteiger partial charge in [0, 0.05) is 12.6 Å². The first-order valence-electron chi connectivity index (χ1n) is 4.28. The zero-order valence-electron chi connectivity index (χ0n) is 8.32. The zero-order chi connectivity index (χ0) is 13.1. The number of sulfonamides is 1. The second-order valence-electron chi connectivity index (χ2n) is 2.89. The van der Waals surface area contributed by atoms with Gasteiger partial charge in [-0.3, -0.25) is 14.9 Å². The Bertz CT molecular complexity index is 534. The van der Waals surface area contributed by atoms with Gasteiger partial charge in [-0.05, 0) is 17.4 Å². The van der Waals surface area contributed by atoms with E-state index in [1.807, 2.05) is 4.72 Å². The van der Waals surface area contributed by atoms with Crippen molar-refractivity contribution in [3.05, 3.63) is 22.2 Å². The third-order valence-corrected chi connectivity index (χ3v) is 4.63. The van der Waals surface area contributed by atoms with Crippen LogP contribution in [0.1, 0.15) is 6.42 Å². The van der Waals surface area contributed by atoms with Crippen molar-refractivity contribution in [2.45, 2.75) is 10.6 Å². The lowest BCUT2D eigenvalue weighted by atomic mass is 10.5. The van der Waals surface area contributed by atoms with Gasteiger partial charge in [0.15, 0.2) is 0 Å². The predicted octanol–water partition coefficient (Wildman–Crippen LogP) is 0.409. The number of carbonyl (C=O) groups is 1. The summed E-state index contributed by atoms with van der Waals surface area (Å²) in [6, 6.07) is 2.18. The molecule has 0 amide bonds. The van der Waals surface area contributed by atoms with Crippen LogP contribution in [0.4, 0.5) is 5.00 Å². The van der Waals surface area contributed by atoms with E-state index in [1.165, 1.54) is 0 Å². The van der Waals surface area contributed by atoms with Crippen molar-refractivity contribution in [1.29, 1.82) is 0 Å². The number of nitrogens with zero attached hydrogens (tertiary/aromatic N) is 1. The topological polar surface area (TPSA) is 127 Å². The van der Waals surface area contributed by atoms with Crippen LogP contribution in [0, 0.1) is 10.1 Å². The summed E-state index contributed by atoms with van der Waals surface area (Å²) in [7, 11) is -3.87. The number of nitro groups is 1. The molecule has 0 saturated heterocycles. The van der Waals surface area contributed by atoms with Gasteiger partial charge >= 0.3 is 11.0 Å². The third-order valence-electron chi connectivity index (χ3n) is 1.64. The van der Waals surface area contributed by atoms with E-state index in [9.17, 15) is 23.3 Å². The van der Waals surface area contributed by atoms with E-state index in [4.69, 9.17) is 5.11 Å². The molecule has 17 heavy (non-hydrogen) atoms. The quantitative estimate of drug-likeness (QED) is 0.574. The maximum absolute atomic E-state index is 11.5. The summed E-state index contributed by atoms with van der Waals surface area (Å²) in [6.07, 6.45) is -0.354. The number of hydrogen-bond donors (Lipinski definition) is 2. The number of rotatable bonds is 6. The van der Waals surface area contributed by atoms with E-state index in [1.54, 1.807) is 0 Å². The summed E-state index contributed by atoms with van der Waals surface area (Å²) < 4.78 is 24.9. The normalized spacial score (nSPS) is 11.3. The molecule has 8 nitrogen and oxygen atoms in total. The molecule has 0 spiro atoms. The lowest BCUT2D eigenvalue weighted by Crippen LogP contribution is -2.25.